The van der Waals surface area contributed by atoms with Crippen molar-refractivity contribution in [3.05, 3.63) is 46.4 Å². The normalized spacial score (nSPS) is 17.0. The second kappa shape index (κ2) is 6.78. The average Bonchev–Trinajstić information content (AvgIpc) is 3.16. The van der Waals surface area contributed by atoms with Crippen LogP contribution in [0.15, 0.2) is 29.3 Å². The number of imidazole rings is 1. The van der Waals surface area contributed by atoms with E-state index < -0.39 is 0 Å². The van der Waals surface area contributed by atoms with Crippen LogP contribution in [0.3, 0.4) is 0 Å². The third-order valence-electron chi connectivity index (χ3n) is 4.87. The Kier molecular flexibility index (Phi) is 4.32. The Balaban J connectivity index is 1.45. The standard InChI is InChI=1S/C18H22N6O2/c1-2-8-24-18(26)23-9-7-13(4-6-16(23)22-24)21-17(25)12-3-5-14-15(10-12)20-11-19-14/h3,5,10-11,13H,2,4,6-9H2,1H3,(H,19,20)(H,21,25). The largest absolute Gasteiger partial charge is 0.349 e. The Labute approximate surface area is 150 Å². The van der Waals surface area contributed by atoms with E-state index in [9.17, 15) is 9.59 Å². The number of carbonyl (C=O) groups excluding carboxylic acids is 1. The zero-order valence-corrected chi connectivity index (χ0v) is 14.7. The summed E-state index contributed by atoms with van der Waals surface area (Å²) >= 11 is 0. The summed E-state index contributed by atoms with van der Waals surface area (Å²) in [4.78, 5) is 32.1. The number of carbonyl (C=O) groups is 1. The predicted octanol–water partition coefficient (Wildman–Crippen LogP) is 1.47. The Bertz CT molecular complexity index is 999. The minimum absolute atomic E-state index is 0.0284. The molecule has 1 aromatic carbocycles. The number of aryl methyl sites for hydroxylation is 2. The van der Waals surface area contributed by atoms with E-state index in [1.165, 1.54) is 0 Å². The van der Waals surface area contributed by atoms with Crippen LogP contribution in [0.25, 0.3) is 11.0 Å². The van der Waals surface area contributed by atoms with Crippen LogP contribution in [0.4, 0.5) is 0 Å². The van der Waals surface area contributed by atoms with Crippen LogP contribution in [-0.4, -0.2) is 36.3 Å². The number of amides is 1. The Hall–Kier alpha value is -2.90. The van der Waals surface area contributed by atoms with Crippen LogP contribution in [0.2, 0.25) is 0 Å². The van der Waals surface area contributed by atoms with Crippen LogP contribution < -0.4 is 11.0 Å². The zero-order chi connectivity index (χ0) is 18.1. The van der Waals surface area contributed by atoms with Crippen LogP contribution >= 0.6 is 0 Å². The van der Waals surface area contributed by atoms with Gasteiger partial charge in [0, 0.05) is 31.1 Å². The van der Waals surface area contributed by atoms with Gasteiger partial charge in [0.25, 0.3) is 5.91 Å². The van der Waals surface area contributed by atoms with Gasteiger partial charge in [-0.15, -0.1) is 0 Å². The molecule has 4 rings (SSSR count). The maximum absolute atomic E-state index is 12.6. The first kappa shape index (κ1) is 16.6. The van der Waals surface area contributed by atoms with Gasteiger partial charge in [0.1, 0.15) is 5.82 Å². The lowest BCUT2D eigenvalue weighted by atomic mass is 10.1. The molecule has 8 heteroatoms. The van der Waals surface area contributed by atoms with Crippen molar-refractivity contribution in [3.8, 4) is 0 Å². The first-order valence-corrected chi connectivity index (χ1v) is 9.06. The monoisotopic (exact) mass is 354 g/mol. The molecule has 0 saturated heterocycles. The lowest BCUT2D eigenvalue weighted by molar-refractivity contribution is 0.0933. The summed E-state index contributed by atoms with van der Waals surface area (Å²) in [5, 5.41) is 7.54. The smallest absolute Gasteiger partial charge is 0.345 e. The Morgan fingerprint density at radius 2 is 2.27 bits per heavy atom. The van der Waals surface area contributed by atoms with Crippen molar-refractivity contribution in [2.45, 2.75) is 51.7 Å². The van der Waals surface area contributed by atoms with E-state index in [4.69, 9.17) is 0 Å². The molecule has 0 fully saturated rings. The van der Waals surface area contributed by atoms with E-state index in [0.29, 0.717) is 25.1 Å². The third kappa shape index (κ3) is 3.02. The van der Waals surface area contributed by atoms with Gasteiger partial charge in [-0.2, -0.15) is 5.10 Å². The number of aromatic amines is 1. The van der Waals surface area contributed by atoms with Gasteiger partial charge < -0.3 is 10.3 Å². The summed E-state index contributed by atoms with van der Waals surface area (Å²) in [5.41, 5.74) is 2.24. The third-order valence-corrected chi connectivity index (χ3v) is 4.87. The first-order valence-electron chi connectivity index (χ1n) is 9.06. The molecule has 1 atom stereocenters. The highest BCUT2D eigenvalue weighted by molar-refractivity contribution is 5.97. The quantitative estimate of drug-likeness (QED) is 0.741. The van der Waals surface area contributed by atoms with Gasteiger partial charge in [0.2, 0.25) is 0 Å². The van der Waals surface area contributed by atoms with Gasteiger partial charge in [-0.3, -0.25) is 9.36 Å². The van der Waals surface area contributed by atoms with E-state index in [-0.39, 0.29) is 17.6 Å². The van der Waals surface area contributed by atoms with Crippen LogP contribution in [0, 0.1) is 0 Å². The molecule has 0 saturated carbocycles. The molecule has 3 aromatic rings. The SMILES string of the molecule is CCCn1nc2n(c1=O)CCC(NC(=O)c1ccc3nc[nH]c3c1)CC2. The Morgan fingerprint density at radius 1 is 1.38 bits per heavy atom. The fourth-order valence-corrected chi connectivity index (χ4v) is 3.48. The fraction of sp³-hybridized carbons (Fsp3) is 0.444. The van der Waals surface area contributed by atoms with E-state index in [1.54, 1.807) is 21.6 Å². The molecule has 8 nitrogen and oxygen atoms in total. The second-order valence-electron chi connectivity index (χ2n) is 6.71. The minimum Gasteiger partial charge on any atom is -0.349 e. The number of rotatable bonds is 4. The van der Waals surface area contributed by atoms with E-state index in [1.807, 2.05) is 19.1 Å². The molecule has 1 amide bonds. The predicted molar refractivity (Wildman–Crippen MR) is 97.1 cm³/mol. The van der Waals surface area contributed by atoms with E-state index in [2.05, 4.69) is 20.4 Å². The number of fused-ring (bicyclic) bond motifs is 2. The van der Waals surface area contributed by atoms with Crippen LogP contribution in [0.5, 0.6) is 0 Å². The minimum atomic E-state index is -0.102. The summed E-state index contributed by atoms with van der Waals surface area (Å²) in [6.45, 7) is 3.26. The van der Waals surface area contributed by atoms with Crippen molar-refractivity contribution in [2.75, 3.05) is 0 Å². The topological polar surface area (TPSA) is 97.6 Å². The maximum atomic E-state index is 12.6. The molecular formula is C18H22N6O2. The van der Waals surface area contributed by atoms with Crippen molar-refractivity contribution in [3.63, 3.8) is 0 Å². The van der Waals surface area contributed by atoms with Gasteiger partial charge in [-0.05, 0) is 37.5 Å². The fourth-order valence-electron chi connectivity index (χ4n) is 3.48. The summed E-state index contributed by atoms with van der Waals surface area (Å²) in [6, 6.07) is 5.45. The van der Waals surface area contributed by atoms with Gasteiger partial charge in [0.05, 0.1) is 17.4 Å². The van der Waals surface area contributed by atoms with Crippen molar-refractivity contribution < 1.29 is 4.79 Å². The number of nitrogens with one attached hydrogen (secondary N) is 2. The number of hydrogen-bond acceptors (Lipinski definition) is 4. The molecule has 1 aliphatic heterocycles. The van der Waals surface area contributed by atoms with Crippen molar-refractivity contribution in [2.24, 2.45) is 0 Å². The molecule has 2 N–H and O–H groups in total. The molecular weight excluding hydrogens is 332 g/mol. The average molecular weight is 354 g/mol. The molecule has 1 unspecified atom stereocenters. The Morgan fingerprint density at radius 3 is 3.12 bits per heavy atom. The van der Waals surface area contributed by atoms with Crippen LogP contribution in [-0.2, 0) is 19.5 Å². The van der Waals surface area contributed by atoms with Crippen LogP contribution in [0.1, 0.15) is 42.4 Å². The summed E-state index contributed by atoms with van der Waals surface area (Å²) in [5.74, 6) is 0.716. The lowest BCUT2D eigenvalue weighted by Crippen LogP contribution is -2.35. The highest BCUT2D eigenvalue weighted by Crippen LogP contribution is 2.15. The molecule has 0 bridgehead atoms. The second-order valence-corrected chi connectivity index (χ2v) is 6.71. The molecule has 0 aliphatic carbocycles. The van der Waals surface area contributed by atoms with Gasteiger partial charge in [-0.1, -0.05) is 6.92 Å². The van der Waals surface area contributed by atoms with Gasteiger partial charge in [-0.25, -0.2) is 14.5 Å². The van der Waals surface area contributed by atoms with Gasteiger partial charge >= 0.3 is 5.69 Å². The van der Waals surface area contributed by atoms with Crippen molar-refractivity contribution in [1.82, 2.24) is 29.6 Å². The highest BCUT2D eigenvalue weighted by Gasteiger charge is 2.22. The summed E-state index contributed by atoms with van der Waals surface area (Å²) in [7, 11) is 0. The number of aromatic nitrogens is 5. The van der Waals surface area contributed by atoms with Crippen molar-refractivity contribution in [1.29, 1.82) is 0 Å². The molecule has 3 heterocycles. The lowest BCUT2D eigenvalue weighted by Gasteiger charge is -2.16. The van der Waals surface area contributed by atoms with E-state index >= 15 is 0 Å². The number of H-pyrrole nitrogens is 1. The van der Waals surface area contributed by atoms with Gasteiger partial charge in [0.15, 0.2) is 0 Å². The summed E-state index contributed by atoms with van der Waals surface area (Å²) < 4.78 is 3.30. The molecule has 2 aromatic heterocycles. The molecule has 0 radical (unpaired) electrons. The molecule has 136 valence electrons. The first-order chi connectivity index (χ1) is 12.7. The molecule has 0 spiro atoms. The number of hydrogen-bond donors (Lipinski definition) is 2. The zero-order valence-electron chi connectivity index (χ0n) is 14.7. The van der Waals surface area contributed by atoms with Crippen molar-refractivity contribution >= 4 is 16.9 Å². The highest BCUT2D eigenvalue weighted by atomic mass is 16.2. The number of nitrogens with zero attached hydrogens (tertiary/aromatic N) is 4. The summed E-state index contributed by atoms with van der Waals surface area (Å²) in [6.07, 6.45) is 4.69. The molecule has 1 aliphatic rings. The number of benzene rings is 1. The maximum Gasteiger partial charge on any atom is 0.345 e. The molecule has 26 heavy (non-hydrogen) atoms. The van der Waals surface area contributed by atoms with E-state index in [0.717, 1.165) is 36.1 Å².